The van der Waals surface area contributed by atoms with Gasteiger partial charge in [0.15, 0.2) is 0 Å². The van der Waals surface area contributed by atoms with Crippen LogP contribution in [0.3, 0.4) is 0 Å². The van der Waals surface area contributed by atoms with Gasteiger partial charge in [0.1, 0.15) is 0 Å². The van der Waals surface area contributed by atoms with Crippen LogP contribution in [-0.4, -0.2) is 12.5 Å². The molecule has 3 nitrogen and oxygen atoms in total. The highest BCUT2D eigenvalue weighted by Gasteiger charge is 2.15. The van der Waals surface area contributed by atoms with E-state index in [4.69, 9.17) is 0 Å². The molecule has 5 heteroatoms. The van der Waals surface area contributed by atoms with Gasteiger partial charge < -0.3 is 10.6 Å². The molecule has 0 aliphatic carbocycles. The number of amides is 1. The Balaban J connectivity index is 0.00000176. The van der Waals surface area contributed by atoms with Gasteiger partial charge in [0.05, 0.1) is 6.04 Å². The number of hydrogen-bond acceptors (Lipinski definition) is 2. The maximum absolute atomic E-state index is 12.2. The summed E-state index contributed by atoms with van der Waals surface area (Å²) in [6, 6.07) is 13.7. The van der Waals surface area contributed by atoms with E-state index in [0.717, 1.165) is 23.0 Å². The van der Waals surface area contributed by atoms with Crippen LogP contribution in [0.15, 0.2) is 46.9 Å². The van der Waals surface area contributed by atoms with Crippen molar-refractivity contribution in [2.45, 2.75) is 19.4 Å². The zero-order valence-corrected chi connectivity index (χ0v) is 15.5. The Kier molecular flexibility index (Phi) is 5.64. The lowest BCUT2D eigenvalue weighted by Gasteiger charge is -2.15. The number of benzene rings is 2. The molecular weight excluding hydrogens is 408 g/mol. The minimum Gasteiger partial charge on any atom is -0.384 e. The average Bonchev–Trinajstić information content (AvgIpc) is 2.95. The van der Waals surface area contributed by atoms with Gasteiger partial charge in [-0.2, -0.15) is 0 Å². The first-order valence-corrected chi connectivity index (χ1v) is 7.86. The predicted molar refractivity (Wildman–Crippen MR) is 99.0 cm³/mol. The minimum absolute atomic E-state index is 0. The van der Waals surface area contributed by atoms with Crippen LogP contribution in [0.2, 0.25) is 0 Å². The topological polar surface area (TPSA) is 41.1 Å². The fraction of sp³-hybridized carbons (Fsp3) is 0.235. The van der Waals surface area contributed by atoms with Gasteiger partial charge in [0.25, 0.3) is 5.91 Å². The van der Waals surface area contributed by atoms with Crippen molar-refractivity contribution in [3.8, 4) is 0 Å². The van der Waals surface area contributed by atoms with Crippen molar-refractivity contribution < 1.29 is 4.79 Å². The van der Waals surface area contributed by atoms with Crippen molar-refractivity contribution in [3.63, 3.8) is 0 Å². The van der Waals surface area contributed by atoms with Gasteiger partial charge in [-0.3, -0.25) is 4.79 Å². The molecular formula is C17H18Br2N2O. The molecule has 1 aliphatic rings. The highest BCUT2D eigenvalue weighted by Crippen LogP contribution is 2.25. The van der Waals surface area contributed by atoms with Crippen LogP contribution < -0.4 is 10.6 Å². The first kappa shape index (κ1) is 17.0. The second kappa shape index (κ2) is 7.29. The molecule has 0 aromatic heterocycles. The van der Waals surface area contributed by atoms with Gasteiger partial charge in [0.2, 0.25) is 0 Å². The smallest absolute Gasteiger partial charge is 0.251 e. The summed E-state index contributed by atoms with van der Waals surface area (Å²) < 4.78 is 0.971. The van der Waals surface area contributed by atoms with Crippen molar-refractivity contribution in [1.82, 2.24) is 5.32 Å². The van der Waals surface area contributed by atoms with Crippen LogP contribution in [-0.2, 0) is 6.42 Å². The van der Waals surface area contributed by atoms with E-state index in [2.05, 4.69) is 44.8 Å². The summed E-state index contributed by atoms with van der Waals surface area (Å²) in [6.07, 6.45) is 1.05. The molecule has 1 amide bonds. The summed E-state index contributed by atoms with van der Waals surface area (Å²) in [5.41, 5.74) is 4.36. The third-order valence-electron chi connectivity index (χ3n) is 3.79. The Morgan fingerprint density at radius 3 is 2.68 bits per heavy atom. The van der Waals surface area contributed by atoms with E-state index in [1.807, 2.05) is 31.2 Å². The lowest BCUT2D eigenvalue weighted by molar-refractivity contribution is 0.0940. The quantitative estimate of drug-likeness (QED) is 0.760. The van der Waals surface area contributed by atoms with Crippen LogP contribution in [0.1, 0.15) is 34.5 Å². The Morgan fingerprint density at radius 2 is 1.95 bits per heavy atom. The Hall–Kier alpha value is -1.33. The van der Waals surface area contributed by atoms with E-state index in [9.17, 15) is 4.79 Å². The van der Waals surface area contributed by atoms with Gasteiger partial charge in [-0.25, -0.2) is 0 Å². The predicted octanol–water partition coefficient (Wildman–Crippen LogP) is 4.49. The fourth-order valence-electron chi connectivity index (χ4n) is 2.56. The molecule has 0 radical (unpaired) electrons. The molecule has 1 aliphatic heterocycles. The number of carbonyl (C=O) groups excluding carboxylic acids is 1. The molecule has 2 aromatic carbocycles. The third kappa shape index (κ3) is 3.70. The molecule has 0 fully saturated rings. The molecule has 3 rings (SSSR count). The normalized spacial score (nSPS) is 13.5. The van der Waals surface area contributed by atoms with Crippen LogP contribution in [0.5, 0.6) is 0 Å². The number of carbonyl (C=O) groups is 1. The van der Waals surface area contributed by atoms with E-state index < -0.39 is 0 Å². The second-order valence-corrected chi connectivity index (χ2v) is 6.21. The summed E-state index contributed by atoms with van der Waals surface area (Å²) in [4.78, 5) is 12.2. The van der Waals surface area contributed by atoms with Crippen LogP contribution >= 0.6 is 32.9 Å². The molecule has 2 N–H and O–H groups in total. The van der Waals surface area contributed by atoms with Crippen molar-refractivity contribution >= 4 is 44.5 Å². The van der Waals surface area contributed by atoms with Crippen molar-refractivity contribution in [2.75, 3.05) is 11.9 Å². The second-order valence-electron chi connectivity index (χ2n) is 5.30. The lowest BCUT2D eigenvalue weighted by atomic mass is 10.0. The fourth-order valence-corrected chi connectivity index (χ4v) is 2.82. The zero-order valence-electron chi connectivity index (χ0n) is 12.2. The summed E-state index contributed by atoms with van der Waals surface area (Å²) in [5, 5.41) is 6.39. The maximum atomic E-state index is 12.2. The summed E-state index contributed by atoms with van der Waals surface area (Å²) in [6.45, 7) is 3.01. The molecule has 0 bridgehead atoms. The van der Waals surface area contributed by atoms with E-state index in [1.165, 1.54) is 11.3 Å². The first-order valence-electron chi connectivity index (χ1n) is 7.06. The van der Waals surface area contributed by atoms with Gasteiger partial charge in [-0.1, -0.05) is 28.1 Å². The summed E-state index contributed by atoms with van der Waals surface area (Å²) in [7, 11) is 0. The Bertz CT molecular complexity index is 671. The summed E-state index contributed by atoms with van der Waals surface area (Å²) in [5.74, 6) is -0.0476. The standard InChI is InChI=1S/C17H17BrN2O.BrH/c1-11(13-4-7-16-14(10-13)8-9-19-16)20-17(21)12-2-5-15(18)6-3-12;/h2-7,10-11,19H,8-9H2,1H3,(H,20,21);1H. The van der Waals surface area contributed by atoms with E-state index in [0.29, 0.717) is 5.56 Å². The minimum atomic E-state index is -0.0476. The van der Waals surface area contributed by atoms with E-state index in [-0.39, 0.29) is 28.9 Å². The number of rotatable bonds is 3. The number of anilines is 1. The zero-order chi connectivity index (χ0) is 14.8. The maximum Gasteiger partial charge on any atom is 0.251 e. The van der Waals surface area contributed by atoms with Gasteiger partial charge >= 0.3 is 0 Å². The lowest BCUT2D eigenvalue weighted by Crippen LogP contribution is -2.26. The molecule has 1 heterocycles. The van der Waals surface area contributed by atoms with Crippen LogP contribution in [0.25, 0.3) is 0 Å². The highest BCUT2D eigenvalue weighted by atomic mass is 79.9. The molecule has 1 unspecified atom stereocenters. The Labute approximate surface area is 149 Å². The van der Waals surface area contributed by atoms with Crippen LogP contribution in [0.4, 0.5) is 5.69 Å². The van der Waals surface area contributed by atoms with Crippen molar-refractivity contribution in [2.24, 2.45) is 0 Å². The molecule has 0 saturated carbocycles. The van der Waals surface area contributed by atoms with Crippen LogP contribution in [0, 0.1) is 0 Å². The molecule has 1 atom stereocenters. The monoisotopic (exact) mass is 424 g/mol. The Morgan fingerprint density at radius 1 is 1.23 bits per heavy atom. The van der Waals surface area contributed by atoms with Crippen molar-refractivity contribution in [3.05, 3.63) is 63.6 Å². The molecule has 0 spiro atoms. The van der Waals surface area contributed by atoms with Gasteiger partial charge in [-0.05, 0) is 54.8 Å². The van der Waals surface area contributed by atoms with Crippen molar-refractivity contribution in [1.29, 1.82) is 0 Å². The SMILES string of the molecule is Br.CC(NC(=O)c1ccc(Br)cc1)c1ccc2c(c1)CCN2. The highest BCUT2D eigenvalue weighted by molar-refractivity contribution is 9.10. The van der Waals surface area contributed by atoms with E-state index in [1.54, 1.807) is 0 Å². The van der Waals surface area contributed by atoms with Gasteiger partial charge in [0, 0.05) is 22.3 Å². The van der Waals surface area contributed by atoms with E-state index >= 15 is 0 Å². The third-order valence-corrected chi connectivity index (χ3v) is 4.32. The largest absolute Gasteiger partial charge is 0.384 e. The molecule has 2 aromatic rings. The number of hydrogen-bond donors (Lipinski definition) is 2. The first-order chi connectivity index (χ1) is 10.1. The summed E-state index contributed by atoms with van der Waals surface area (Å²) >= 11 is 3.37. The number of halogens is 2. The number of nitrogens with one attached hydrogen (secondary N) is 2. The number of fused-ring (bicyclic) bond motifs is 1. The average molecular weight is 426 g/mol. The van der Waals surface area contributed by atoms with Gasteiger partial charge in [-0.15, -0.1) is 17.0 Å². The molecule has 22 heavy (non-hydrogen) atoms. The molecule has 116 valence electrons. The molecule has 0 saturated heterocycles.